The van der Waals surface area contributed by atoms with E-state index < -0.39 is 0 Å². The quantitative estimate of drug-likeness (QED) is 0.771. The van der Waals surface area contributed by atoms with Crippen LogP contribution in [0.2, 0.25) is 0 Å². The predicted molar refractivity (Wildman–Crippen MR) is 60.9 cm³/mol. The van der Waals surface area contributed by atoms with Crippen LogP contribution in [0.25, 0.3) is 0 Å². The van der Waals surface area contributed by atoms with Gasteiger partial charge in [-0.3, -0.25) is 4.90 Å². The second kappa shape index (κ2) is 5.72. The normalized spacial score (nSPS) is 17.1. The highest BCUT2D eigenvalue weighted by Gasteiger charge is 2.10. The van der Waals surface area contributed by atoms with E-state index in [2.05, 4.69) is 4.90 Å². The Hall–Kier alpha value is -1.26. The van der Waals surface area contributed by atoms with E-state index in [0.29, 0.717) is 6.73 Å². The average Bonchev–Trinajstić information content (AvgIpc) is 2.38. The van der Waals surface area contributed by atoms with Gasteiger partial charge in [0.25, 0.3) is 0 Å². The molecule has 1 aliphatic rings. The molecule has 0 atom stereocenters. The molecule has 1 fully saturated rings. The summed E-state index contributed by atoms with van der Waals surface area (Å²) in [4.78, 5) is 2.23. The second-order valence-corrected chi connectivity index (χ2v) is 3.68. The Kier molecular flexibility index (Phi) is 4.02. The Morgan fingerprint density at radius 1 is 1.12 bits per heavy atom. The van der Waals surface area contributed by atoms with Crippen LogP contribution >= 0.6 is 0 Å². The van der Waals surface area contributed by atoms with Crippen molar-refractivity contribution >= 4 is 0 Å². The standard InChI is InChI=1S/C12H17NO3/c1-14-11-2-4-12(5-3-11)16-10-13-6-8-15-9-7-13/h2-5H,6-10H2,1H3. The molecule has 88 valence electrons. The van der Waals surface area contributed by atoms with Gasteiger partial charge in [-0.25, -0.2) is 0 Å². The molecule has 0 aliphatic carbocycles. The van der Waals surface area contributed by atoms with Crippen molar-refractivity contribution in [3.05, 3.63) is 24.3 Å². The third-order valence-electron chi connectivity index (χ3n) is 2.58. The lowest BCUT2D eigenvalue weighted by atomic mass is 10.3. The van der Waals surface area contributed by atoms with Crippen molar-refractivity contribution in [2.24, 2.45) is 0 Å². The summed E-state index contributed by atoms with van der Waals surface area (Å²) in [5, 5.41) is 0. The number of nitrogens with zero attached hydrogens (tertiary/aromatic N) is 1. The summed E-state index contributed by atoms with van der Waals surface area (Å²) < 4.78 is 16.0. The van der Waals surface area contributed by atoms with Crippen LogP contribution in [0.4, 0.5) is 0 Å². The Labute approximate surface area is 95.7 Å². The van der Waals surface area contributed by atoms with Crippen LogP contribution in [0.5, 0.6) is 11.5 Å². The molecule has 1 aliphatic heterocycles. The average molecular weight is 223 g/mol. The van der Waals surface area contributed by atoms with Crippen molar-refractivity contribution in [3.63, 3.8) is 0 Å². The second-order valence-electron chi connectivity index (χ2n) is 3.68. The molecule has 4 heteroatoms. The first kappa shape index (κ1) is 11.2. The molecule has 1 heterocycles. The van der Waals surface area contributed by atoms with E-state index in [9.17, 15) is 0 Å². The van der Waals surface area contributed by atoms with Crippen molar-refractivity contribution in [1.82, 2.24) is 4.90 Å². The van der Waals surface area contributed by atoms with Gasteiger partial charge < -0.3 is 14.2 Å². The number of rotatable bonds is 4. The lowest BCUT2D eigenvalue weighted by Crippen LogP contribution is -2.38. The molecule has 16 heavy (non-hydrogen) atoms. The highest BCUT2D eigenvalue weighted by Crippen LogP contribution is 2.17. The summed E-state index contributed by atoms with van der Waals surface area (Å²) in [5.41, 5.74) is 0. The van der Waals surface area contributed by atoms with Gasteiger partial charge in [0.05, 0.1) is 20.3 Å². The van der Waals surface area contributed by atoms with Crippen LogP contribution in [0.3, 0.4) is 0 Å². The summed E-state index contributed by atoms with van der Waals surface area (Å²) in [6.07, 6.45) is 0. The number of methoxy groups -OCH3 is 1. The number of hydrogen-bond acceptors (Lipinski definition) is 4. The van der Waals surface area contributed by atoms with Gasteiger partial charge >= 0.3 is 0 Å². The lowest BCUT2D eigenvalue weighted by molar-refractivity contribution is 0.00406. The molecule has 0 unspecified atom stereocenters. The van der Waals surface area contributed by atoms with Gasteiger partial charge in [-0.15, -0.1) is 0 Å². The van der Waals surface area contributed by atoms with Gasteiger partial charge in [0, 0.05) is 13.1 Å². The van der Waals surface area contributed by atoms with E-state index in [1.54, 1.807) is 7.11 Å². The zero-order valence-electron chi connectivity index (χ0n) is 9.52. The van der Waals surface area contributed by atoms with E-state index in [1.165, 1.54) is 0 Å². The number of morpholine rings is 1. The minimum atomic E-state index is 0.621. The molecule has 1 saturated heterocycles. The van der Waals surface area contributed by atoms with Gasteiger partial charge in [0.1, 0.15) is 18.2 Å². The molecule has 0 saturated carbocycles. The van der Waals surface area contributed by atoms with Crippen molar-refractivity contribution < 1.29 is 14.2 Å². The molecule has 1 aromatic rings. The SMILES string of the molecule is COc1ccc(OCN2CCOCC2)cc1. The summed E-state index contributed by atoms with van der Waals surface area (Å²) in [6.45, 7) is 4.10. The maximum absolute atomic E-state index is 5.66. The molecular formula is C12H17NO3. The number of ether oxygens (including phenoxy) is 3. The predicted octanol–water partition coefficient (Wildman–Crippen LogP) is 1.36. The molecule has 1 aromatic carbocycles. The van der Waals surface area contributed by atoms with Gasteiger partial charge in [-0.1, -0.05) is 0 Å². The van der Waals surface area contributed by atoms with E-state index in [-0.39, 0.29) is 0 Å². The highest BCUT2D eigenvalue weighted by molar-refractivity contribution is 5.31. The Bertz CT molecular complexity index is 307. The van der Waals surface area contributed by atoms with Crippen molar-refractivity contribution in [2.45, 2.75) is 0 Å². The van der Waals surface area contributed by atoms with Gasteiger partial charge in [-0.05, 0) is 24.3 Å². The minimum Gasteiger partial charge on any atom is -0.497 e. The molecular weight excluding hydrogens is 206 g/mol. The first-order valence-electron chi connectivity index (χ1n) is 5.45. The Balaban J connectivity index is 1.79. The number of hydrogen-bond donors (Lipinski definition) is 0. The Morgan fingerprint density at radius 2 is 1.75 bits per heavy atom. The summed E-state index contributed by atoms with van der Waals surface area (Å²) in [6, 6.07) is 7.63. The van der Waals surface area contributed by atoms with E-state index >= 15 is 0 Å². The number of benzene rings is 1. The fraction of sp³-hybridized carbons (Fsp3) is 0.500. The first-order valence-corrected chi connectivity index (χ1v) is 5.45. The topological polar surface area (TPSA) is 30.9 Å². The smallest absolute Gasteiger partial charge is 0.142 e. The van der Waals surface area contributed by atoms with Gasteiger partial charge in [-0.2, -0.15) is 0 Å². The van der Waals surface area contributed by atoms with Crippen molar-refractivity contribution in [3.8, 4) is 11.5 Å². The largest absolute Gasteiger partial charge is 0.497 e. The van der Waals surface area contributed by atoms with Crippen molar-refractivity contribution in [2.75, 3.05) is 40.1 Å². The molecule has 0 amide bonds. The van der Waals surface area contributed by atoms with E-state index in [4.69, 9.17) is 14.2 Å². The van der Waals surface area contributed by atoms with Crippen LogP contribution in [0.1, 0.15) is 0 Å². The molecule has 0 radical (unpaired) electrons. The molecule has 2 rings (SSSR count). The monoisotopic (exact) mass is 223 g/mol. The van der Waals surface area contributed by atoms with Crippen LogP contribution in [-0.2, 0) is 4.74 Å². The van der Waals surface area contributed by atoms with E-state index in [0.717, 1.165) is 37.8 Å². The summed E-state index contributed by atoms with van der Waals surface area (Å²) in [7, 11) is 1.66. The third kappa shape index (κ3) is 3.12. The van der Waals surface area contributed by atoms with Crippen LogP contribution < -0.4 is 9.47 Å². The van der Waals surface area contributed by atoms with Crippen LogP contribution in [-0.4, -0.2) is 45.0 Å². The maximum atomic E-state index is 5.66. The van der Waals surface area contributed by atoms with E-state index in [1.807, 2.05) is 24.3 Å². The third-order valence-corrected chi connectivity index (χ3v) is 2.58. The van der Waals surface area contributed by atoms with Crippen LogP contribution in [0, 0.1) is 0 Å². The summed E-state index contributed by atoms with van der Waals surface area (Å²) >= 11 is 0. The van der Waals surface area contributed by atoms with Gasteiger partial charge in [0.15, 0.2) is 0 Å². The zero-order valence-corrected chi connectivity index (χ0v) is 9.52. The Morgan fingerprint density at radius 3 is 2.38 bits per heavy atom. The molecule has 0 N–H and O–H groups in total. The minimum absolute atomic E-state index is 0.621. The molecule has 4 nitrogen and oxygen atoms in total. The molecule has 0 aromatic heterocycles. The fourth-order valence-corrected chi connectivity index (χ4v) is 1.57. The lowest BCUT2D eigenvalue weighted by Gasteiger charge is -2.26. The molecule has 0 spiro atoms. The molecule has 0 bridgehead atoms. The fourth-order valence-electron chi connectivity index (χ4n) is 1.57. The van der Waals surface area contributed by atoms with Crippen molar-refractivity contribution in [1.29, 1.82) is 0 Å². The van der Waals surface area contributed by atoms with Gasteiger partial charge in [0.2, 0.25) is 0 Å². The highest BCUT2D eigenvalue weighted by atomic mass is 16.5. The first-order chi connectivity index (χ1) is 7.88. The maximum Gasteiger partial charge on any atom is 0.142 e. The zero-order chi connectivity index (χ0) is 11.2. The summed E-state index contributed by atoms with van der Waals surface area (Å²) in [5.74, 6) is 1.71. The van der Waals surface area contributed by atoms with Crippen LogP contribution in [0.15, 0.2) is 24.3 Å².